The Labute approximate surface area is 126 Å². The molecule has 5 nitrogen and oxygen atoms in total. The first-order valence-electron chi connectivity index (χ1n) is 6.22. The van der Waals surface area contributed by atoms with Gasteiger partial charge in [-0.2, -0.15) is 5.10 Å². The van der Waals surface area contributed by atoms with Gasteiger partial charge in [0.2, 0.25) is 0 Å². The number of thioether (sulfide) groups is 1. The Hall–Kier alpha value is -1.89. The summed E-state index contributed by atoms with van der Waals surface area (Å²) in [7, 11) is 2.93. The topological polar surface area (TPSA) is 60.2 Å². The highest BCUT2D eigenvalue weighted by molar-refractivity contribution is 8.14. The zero-order chi connectivity index (χ0) is 15.4. The minimum atomic E-state index is -0.445. The van der Waals surface area contributed by atoms with Crippen LogP contribution in [0.4, 0.5) is 4.39 Å². The van der Waals surface area contributed by atoms with Crippen molar-refractivity contribution in [3.63, 3.8) is 0 Å². The first kappa shape index (κ1) is 15.5. The van der Waals surface area contributed by atoms with Gasteiger partial charge in [0.15, 0.2) is 11.5 Å². The van der Waals surface area contributed by atoms with Crippen LogP contribution in [-0.4, -0.2) is 36.5 Å². The lowest BCUT2D eigenvalue weighted by molar-refractivity contribution is -0.114. The van der Waals surface area contributed by atoms with Gasteiger partial charge < -0.3 is 9.47 Å². The summed E-state index contributed by atoms with van der Waals surface area (Å²) in [5, 5.41) is 8.68. The van der Waals surface area contributed by atoms with Gasteiger partial charge in [0.05, 0.1) is 25.7 Å². The van der Waals surface area contributed by atoms with Crippen LogP contribution in [-0.2, 0) is 4.79 Å². The summed E-state index contributed by atoms with van der Waals surface area (Å²) in [6.45, 7) is 1.51. The average molecular weight is 310 g/mol. The molecule has 21 heavy (non-hydrogen) atoms. The van der Waals surface area contributed by atoms with Crippen molar-refractivity contribution in [1.82, 2.24) is 0 Å². The SMILES string of the molecule is COc1cc(F)c(C2=NN=C(SCC(C)=O)C2)cc1OC. The van der Waals surface area contributed by atoms with Gasteiger partial charge >= 0.3 is 0 Å². The molecule has 0 N–H and O–H groups in total. The summed E-state index contributed by atoms with van der Waals surface area (Å²) in [4.78, 5) is 11.0. The molecular weight excluding hydrogens is 295 g/mol. The quantitative estimate of drug-likeness (QED) is 0.839. The van der Waals surface area contributed by atoms with Gasteiger partial charge in [0, 0.05) is 18.1 Å². The Bertz CT molecular complexity index is 629. The number of carbonyl (C=O) groups is 1. The van der Waals surface area contributed by atoms with Gasteiger partial charge in [-0.15, -0.1) is 16.9 Å². The number of Topliss-reactive ketones (excluding diaryl/α,β-unsaturated/α-hetero) is 1. The molecule has 7 heteroatoms. The van der Waals surface area contributed by atoms with Crippen molar-refractivity contribution in [1.29, 1.82) is 0 Å². The van der Waals surface area contributed by atoms with Crippen LogP contribution in [0.15, 0.2) is 22.3 Å². The zero-order valence-corrected chi connectivity index (χ0v) is 12.8. The van der Waals surface area contributed by atoms with E-state index in [-0.39, 0.29) is 5.78 Å². The van der Waals surface area contributed by atoms with Gasteiger partial charge in [-0.25, -0.2) is 4.39 Å². The maximum atomic E-state index is 14.1. The highest BCUT2D eigenvalue weighted by Crippen LogP contribution is 2.31. The lowest BCUT2D eigenvalue weighted by atomic mass is 10.1. The molecule has 1 aliphatic heterocycles. The maximum Gasteiger partial charge on any atom is 0.163 e. The van der Waals surface area contributed by atoms with E-state index in [1.807, 2.05) is 0 Å². The van der Waals surface area contributed by atoms with Gasteiger partial charge in [0.1, 0.15) is 16.6 Å². The number of benzene rings is 1. The highest BCUT2D eigenvalue weighted by Gasteiger charge is 2.21. The Morgan fingerprint density at radius 2 is 1.95 bits per heavy atom. The van der Waals surface area contributed by atoms with Crippen molar-refractivity contribution in [3.05, 3.63) is 23.5 Å². The van der Waals surface area contributed by atoms with Crippen molar-refractivity contribution in [2.75, 3.05) is 20.0 Å². The fourth-order valence-electron chi connectivity index (χ4n) is 1.82. The minimum Gasteiger partial charge on any atom is -0.493 e. The number of rotatable bonds is 5. The van der Waals surface area contributed by atoms with E-state index < -0.39 is 5.82 Å². The van der Waals surface area contributed by atoms with Crippen molar-refractivity contribution in [2.24, 2.45) is 10.2 Å². The van der Waals surface area contributed by atoms with Gasteiger partial charge in [-0.1, -0.05) is 0 Å². The third-order valence-electron chi connectivity index (χ3n) is 2.83. The summed E-state index contributed by atoms with van der Waals surface area (Å²) < 4.78 is 24.3. The average Bonchev–Trinajstić information content (AvgIpc) is 2.93. The molecule has 0 radical (unpaired) electrons. The third-order valence-corrected chi connectivity index (χ3v) is 3.94. The molecular formula is C14H15FN2O3S. The second-order valence-corrected chi connectivity index (χ2v) is 5.44. The van der Waals surface area contributed by atoms with E-state index in [2.05, 4.69) is 10.2 Å². The highest BCUT2D eigenvalue weighted by atomic mass is 32.2. The first-order chi connectivity index (χ1) is 10.0. The Kier molecular flexibility index (Phi) is 4.95. The summed E-state index contributed by atoms with van der Waals surface area (Å²) in [5.74, 6) is 0.717. The second kappa shape index (κ2) is 6.71. The second-order valence-electron chi connectivity index (χ2n) is 4.39. The summed E-state index contributed by atoms with van der Waals surface area (Å²) in [5.41, 5.74) is 0.842. The number of halogens is 1. The molecule has 1 aromatic carbocycles. The number of hydrogen-bond donors (Lipinski definition) is 0. The van der Waals surface area contributed by atoms with Crippen molar-refractivity contribution in [2.45, 2.75) is 13.3 Å². The molecule has 1 aromatic rings. The third kappa shape index (κ3) is 3.60. The van der Waals surface area contributed by atoms with E-state index in [1.165, 1.54) is 39.0 Å². The molecule has 2 rings (SSSR count). The number of hydrogen-bond acceptors (Lipinski definition) is 6. The molecule has 0 fully saturated rings. The van der Waals surface area contributed by atoms with Gasteiger partial charge in [-0.3, -0.25) is 4.79 Å². The largest absolute Gasteiger partial charge is 0.493 e. The summed E-state index contributed by atoms with van der Waals surface area (Å²) in [6, 6.07) is 2.80. The molecule has 0 amide bonds. The molecule has 0 aliphatic carbocycles. The van der Waals surface area contributed by atoms with E-state index in [1.54, 1.807) is 6.07 Å². The van der Waals surface area contributed by atoms with Crippen LogP contribution in [0.1, 0.15) is 18.9 Å². The zero-order valence-electron chi connectivity index (χ0n) is 12.0. The van der Waals surface area contributed by atoms with Crippen LogP contribution in [0.2, 0.25) is 0 Å². The molecule has 0 saturated carbocycles. The van der Waals surface area contributed by atoms with Crippen molar-refractivity contribution >= 4 is 28.3 Å². The van der Waals surface area contributed by atoms with Gasteiger partial charge in [-0.05, 0) is 13.0 Å². The van der Waals surface area contributed by atoms with Crippen LogP contribution in [0.5, 0.6) is 11.5 Å². The summed E-state index contributed by atoms with van der Waals surface area (Å²) >= 11 is 1.32. The lowest BCUT2D eigenvalue weighted by Gasteiger charge is -2.10. The van der Waals surface area contributed by atoms with Crippen LogP contribution >= 0.6 is 11.8 Å². The van der Waals surface area contributed by atoms with Crippen molar-refractivity contribution in [3.8, 4) is 11.5 Å². The van der Waals surface area contributed by atoms with Crippen LogP contribution in [0.3, 0.4) is 0 Å². The molecule has 112 valence electrons. The predicted octanol–water partition coefficient (Wildman–Crippen LogP) is 2.67. The first-order valence-corrected chi connectivity index (χ1v) is 7.21. The van der Waals surface area contributed by atoms with Crippen LogP contribution < -0.4 is 9.47 Å². The number of nitrogens with zero attached hydrogens (tertiary/aromatic N) is 2. The van der Waals surface area contributed by atoms with Crippen molar-refractivity contribution < 1.29 is 18.7 Å². The van der Waals surface area contributed by atoms with Gasteiger partial charge in [0.25, 0.3) is 0 Å². The van der Waals surface area contributed by atoms with Crippen LogP contribution in [0.25, 0.3) is 0 Å². The number of carbonyl (C=O) groups excluding carboxylic acids is 1. The van der Waals surface area contributed by atoms with E-state index in [4.69, 9.17) is 9.47 Å². The number of methoxy groups -OCH3 is 2. The molecule has 0 saturated heterocycles. The molecule has 0 aromatic heterocycles. The fraction of sp³-hybridized carbons (Fsp3) is 0.357. The molecule has 0 unspecified atom stereocenters. The number of ketones is 1. The van der Waals surface area contributed by atoms with E-state index in [0.717, 1.165) is 0 Å². The molecule has 0 spiro atoms. The predicted molar refractivity (Wildman–Crippen MR) is 81.2 cm³/mol. The van der Waals surface area contributed by atoms with E-state index >= 15 is 0 Å². The fourth-order valence-corrected chi connectivity index (χ4v) is 2.53. The maximum absolute atomic E-state index is 14.1. The molecule has 0 atom stereocenters. The van der Waals surface area contributed by atoms with E-state index in [9.17, 15) is 9.18 Å². The Morgan fingerprint density at radius 3 is 2.57 bits per heavy atom. The molecule has 1 heterocycles. The number of ether oxygens (including phenoxy) is 2. The standard InChI is InChI=1S/C14H15FN2O3S/c1-8(18)7-21-14-6-11(16-17-14)9-4-12(19-2)13(20-3)5-10(9)15/h4-5H,6-7H2,1-3H3. The molecule has 0 bridgehead atoms. The lowest BCUT2D eigenvalue weighted by Crippen LogP contribution is -2.07. The van der Waals surface area contributed by atoms with E-state index in [0.29, 0.717) is 40.0 Å². The monoisotopic (exact) mass is 310 g/mol. The summed E-state index contributed by atoms with van der Waals surface area (Å²) in [6.07, 6.45) is 0.407. The normalized spacial score (nSPS) is 13.7. The minimum absolute atomic E-state index is 0.0634. The smallest absolute Gasteiger partial charge is 0.163 e. The Balaban J connectivity index is 2.16. The van der Waals surface area contributed by atoms with Crippen LogP contribution in [0, 0.1) is 5.82 Å². The Morgan fingerprint density at radius 1 is 1.29 bits per heavy atom. The molecule has 1 aliphatic rings.